The molecule has 1 amide bonds. The molecule has 0 aliphatic heterocycles. The zero-order valence-corrected chi connectivity index (χ0v) is 18.1. The van der Waals surface area contributed by atoms with Gasteiger partial charge in [0.05, 0.1) is 24.5 Å². The molecular formula is C26H30N2O2. The van der Waals surface area contributed by atoms with Crippen LogP contribution in [0.1, 0.15) is 49.6 Å². The first-order chi connectivity index (χ1) is 14.6. The Kier molecular flexibility index (Phi) is 7.61. The largest absolute Gasteiger partial charge is 0.493 e. The summed E-state index contributed by atoms with van der Waals surface area (Å²) in [6.07, 6.45) is 4.34. The van der Waals surface area contributed by atoms with Gasteiger partial charge < -0.3 is 9.64 Å². The van der Waals surface area contributed by atoms with E-state index >= 15 is 0 Å². The first-order valence-corrected chi connectivity index (χ1v) is 10.6. The van der Waals surface area contributed by atoms with E-state index in [2.05, 4.69) is 43.1 Å². The number of ether oxygens (including phenoxy) is 1. The lowest BCUT2D eigenvalue weighted by atomic mass is 10.0. The van der Waals surface area contributed by atoms with Crippen LogP contribution in [0.3, 0.4) is 0 Å². The molecule has 1 heterocycles. The number of amides is 1. The van der Waals surface area contributed by atoms with Crippen LogP contribution in [0.25, 0.3) is 0 Å². The number of anilines is 1. The van der Waals surface area contributed by atoms with Crippen LogP contribution >= 0.6 is 0 Å². The van der Waals surface area contributed by atoms with Crippen molar-refractivity contribution < 1.29 is 9.53 Å². The zero-order valence-electron chi connectivity index (χ0n) is 18.1. The van der Waals surface area contributed by atoms with Gasteiger partial charge in [-0.2, -0.15) is 0 Å². The average molecular weight is 403 g/mol. The van der Waals surface area contributed by atoms with E-state index in [-0.39, 0.29) is 5.91 Å². The third-order valence-electron chi connectivity index (χ3n) is 5.07. The van der Waals surface area contributed by atoms with E-state index in [4.69, 9.17) is 4.74 Å². The lowest BCUT2D eigenvalue weighted by Gasteiger charge is -2.25. The van der Waals surface area contributed by atoms with Gasteiger partial charge in [0.25, 0.3) is 0 Å². The van der Waals surface area contributed by atoms with Crippen LogP contribution in [0.4, 0.5) is 5.69 Å². The summed E-state index contributed by atoms with van der Waals surface area (Å²) in [5.74, 6) is 0.828. The quantitative estimate of drug-likeness (QED) is 0.469. The number of carbonyl (C=O) groups is 1. The molecule has 0 aliphatic carbocycles. The molecule has 4 nitrogen and oxygen atoms in total. The Balaban J connectivity index is 1.95. The molecule has 2 aromatic carbocycles. The number of benzene rings is 2. The van der Waals surface area contributed by atoms with Crippen molar-refractivity contribution in [3.63, 3.8) is 0 Å². The lowest BCUT2D eigenvalue weighted by molar-refractivity contribution is -0.116. The minimum Gasteiger partial charge on any atom is -0.493 e. The summed E-state index contributed by atoms with van der Waals surface area (Å²) in [5.41, 5.74) is 5.15. The normalized spacial score (nSPS) is 10.6. The highest BCUT2D eigenvalue weighted by atomic mass is 16.5. The van der Waals surface area contributed by atoms with Gasteiger partial charge in [0.2, 0.25) is 5.91 Å². The Hall–Kier alpha value is -3.14. The SMILES string of the molecule is CCCOc1ccc(CC)cc1CN(C(C)=O)c1cccnc1Cc1ccccc1. The number of aryl methyl sites for hydroxylation is 1. The summed E-state index contributed by atoms with van der Waals surface area (Å²) in [6, 6.07) is 20.3. The first kappa shape index (κ1) is 21.6. The van der Waals surface area contributed by atoms with E-state index in [1.807, 2.05) is 36.4 Å². The van der Waals surface area contributed by atoms with Crippen molar-refractivity contribution >= 4 is 11.6 Å². The van der Waals surface area contributed by atoms with Crippen molar-refractivity contribution in [3.05, 3.63) is 89.2 Å². The molecule has 0 aliphatic rings. The van der Waals surface area contributed by atoms with Crippen LogP contribution in [0, 0.1) is 0 Å². The number of aromatic nitrogens is 1. The van der Waals surface area contributed by atoms with Gasteiger partial charge in [0, 0.05) is 25.1 Å². The van der Waals surface area contributed by atoms with Crippen molar-refractivity contribution in [2.75, 3.05) is 11.5 Å². The maximum absolute atomic E-state index is 12.7. The fourth-order valence-corrected chi connectivity index (χ4v) is 3.47. The molecule has 0 N–H and O–H groups in total. The molecule has 0 atom stereocenters. The van der Waals surface area contributed by atoms with Gasteiger partial charge in [0.1, 0.15) is 5.75 Å². The van der Waals surface area contributed by atoms with Gasteiger partial charge >= 0.3 is 0 Å². The lowest BCUT2D eigenvalue weighted by Crippen LogP contribution is -2.29. The summed E-state index contributed by atoms with van der Waals surface area (Å²) < 4.78 is 5.97. The Morgan fingerprint density at radius 2 is 1.80 bits per heavy atom. The highest BCUT2D eigenvalue weighted by Gasteiger charge is 2.19. The molecule has 3 aromatic rings. The standard InChI is InChI=1S/C26H30N2O2/c1-4-16-30-26-14-13-21(5-2)17-23(26)19-28(20(3)29)25-12-9-15-27-24(25)18-22-10-7-6-8-11-22/h6-15,17H,4-5,16,18-19H2,1-3H3. The Labute approximate surface area is 179 Å². The predicted octanol–water partition coefficient (Wildman–Crippen LogP) is 5.58. The van der Waals surface area contributed by atoms with Crippen LogP contribution in [0.15, 0.2) is 66.9 Å². The zero-order chi connectivity index (χ0) is 21.3. The number of pyridine rings is 1. The van der Waals surface area contributed by atoms with Gasteiger partial charge in [-0.1, -0.05) is 56.3 Å². The van der Waals surface area contributed by atoms with Crippen LogP contribution in [-0.2, 0) is 24.2 Å². The van der Waals surface area contributed by atoms with Crippen molar-refractivity contribution in [2.45, 2.75) is 46.6 Å². The van der Waals surface area contributed by atoms with Crippen LogP contribution in [0.5, 0.6) is 5.75 Å². The maximum Gasteiger partial charge on any atom is 0.224 e. The fourth-order valence-electron chi connectivity index (χ4n) is 3.47. The molecule has 0 radical (unpaired) electrons. The van der Waals surface area contributed by atoms with Crippen molar-refractivity contribution in [1.82, 2.24) is 4.98 Å². The first-order valence-electron chi connectivity index (χ1n) is 10.6. The molecule has 4 heteroatoms. The number of hydrogen-bond acceptors (Lipinski definition) is 3. The van der Waals surface area contributed by atoms with E-state index in [1.54, 1.807) is 18.0 Å². The van der Waals surface area contributed by atoms with Crippen molar-refractivity contribution in [3.8, 4) is 5.75 Å². The molecule has 156 valence electrons. The monoisotopic (exact) mass is 402 g/mol. The van der Waals surface area contributed by atoms with Crippen LogP contribution in [-0.4, -0.2) is 17.5 Å². The highest BCUT2D eigenvalue weighted by molar-refractivity contribution is 5.92. The molecule has 0 unspecified atom stereocenters. The van der Waals surface area contributed by atoms with Gasteiger partial charge in [-0.25, -0.2) is 0 Å². The Morgan fingerprint density at radius 1 is 1.00 bits per heavy atom. The summed E-state index contributed by atoms with van der Waals surface area (Å²) in [4.78, 5) is 19.1. The summed E-state index contributed by atoms with van der Waals surface area (Å²) in [7, 11) is 0. The predicted molar refractivity (Wildman–Crippen MR) is 122 cm³/mol. The second-order valence-corrected chi connectivity index (χ2v) is 7.38. The number of hydrogen-bond donors (Lipinski definition) is 0. The minimum absolute atomic E-state index is 0.0133. The molecule has 0 saturated heterocycles. The molecule has 0 fully saturated rings. The third kappa shape index (κ3) is 5.47. The fraction of sp³-hybridized carbons (Fsp3) is 0.308. The summed E-state index contributed by atoms with van der Waals surface area (Å²) in [6.45, 7) is 6.94. The smallest absolute Gasteiger partial charge is 0.224 e. The van der Waals surface area contributed by atoms with Gasteiger partial charge in [-0.3, -0.25) is 9.78 Å². The van der Waals surface area contributed by atoms with E-state index in [0.717, 1.165) is 35.5 Å². The topological polar surface area (TPSA) is 42.4 Å². The summed E-state index contributed by atoms with van der Waals surface area (Å²) >= 11 is 0. The van der Waals surface area contributed by atoms with E-state index in [9.17, 15) is 4.79 Å². The number of carbonyl (C=O) groups excluding carboxylic acids is 1. The Morgan fingerprint density at radius 3 is 2.50 bits per heavy atom. The van der Waals surface area contributed by atoms with E-state index in [0.29, 0.717) is 19.6 Å². The second kappa shape index (κ2) is 10.6. The molecule has 30 heavy (non-hydrogen) atoms. The Bertz CT molecular complexity index is 970. The van der Waals surface area contributed by atoms with Gasteiger partial charge in [-0.15, -0.1) is 0 Å². The minimum atomic E-state index is -0.0133. The molecule has 3 rings (SSSR count). The molecular weight excluding hydrogens is 372 g/mol. The van der Waals surface area contributed by atoms with Gasteiger partial charge in [-0.05, 0) is 42.2 Å². The van der Waals surface area contributed by atoms with E-state index in [1.165, 1.54) is 11.1 Å². The van der Waals surface area contributed by atoms with Crippen molar-refractivity contribution in [1.29, 1.82) is 0 Å². The number of rotatable bonds is 9. The van der Waals surface area contributed by atoms with Crippen molar-refractivity contribution in [2.24, 2.45) is 0 Å². The van der Waals surface area contributed by atoms with Crippen LogP contribution in [0.2, 0.25) is 0 Å². The molecule has 0 spiro atoms. The van der Waals surface area contributed by atoms with E-state index < -0.39 is 0 Å². The van der Waals surface area contributed by atoms with Gasteiger partial charge in [0.15, 0.2) is 0 Å². The molecule has 0 bridgehead atoms. The molecule has 0 saturated carbocycles. The number of nitrogens with zero attached hydrogens (tertiary/aromatic N) is 2. The molecule has 1 aromatic heterocycles. The second-order valence-electron chi connectivity index (χ2n) is 7.38. The summed E-state index contributed by atoms with van der Waals surface area (Å²) in [5, 5.41) is 0. The maximum atomic E-state index is 12.7. The highest BCUT2D eigenvalue weighted by Crippen LogP contribution is 2.28. The average Bonchev–Trinajstić information content (AvgIpc) is 2.77. The van der Waals surface area contributed by atoms with Crippen LogP contribution < -0.4 is 9.64 Å². The third-order valence-corrected chi connectivity index (χ3v) is 5.07.